The molecule has 1 unspecified atom stereocenters. The first-order valence-corrected chi connectivity index (χ1v) is 4.63. The number of hydrogen-bond donors (Lipinski definition) is 0. The van der Waals surface area contributed by atoms with Crippen LogP contribution in [0.25, 0.3) is 0 Å². The van der Waals surface area contributed by atoms with Crippen LogP contribution in [0, 0.1) is 0 Å². The quantitative estimate of drug-likeness (QED) is 0.343. The number of rotatable bonds is 6. The van der Waals surface area contributed by atoms with E-state index in [1.807, 2.05) is 13.0 Å². The minimum Gasteiger partial charge on any atom is -0.501 e. The van der Waals surface area contributed by atoms with Gasteiger partial charge in [0.05, 0.1) is 18.2 Å². The van der Waals surface area contributed by atoms with Crippen molar-refractivity contribution in [1.82, 2.24) is 0 Å². The summed E-state index contributed by atoms with van der Waals surface area (Å²) in [5.74, 6) is 0. The van der Waals surface area contributed by atoms with Crippen LogP contribution in [-0.2, 0) is 4.74 Å². The lowest BCUT2D eigenvalue weighted by Crippen LogP contribution is -1.88. The lowest BCUT2D eigenvalue weighted by molar-refractivity contribution is 0.241. The van der Waals surface area contributed by atoms with E-state index in [2.05, 4.69) is 6.92 Å². The summed E-state index contributed by atoms with van der Waals surface area (Å²) in [5.41, 5.74) is 0. The second-order valence-electron chi connectivity index (χ2n) is 2.58. The molecule has 0 spiro atoms. The largest absolute Gasteiger partial charge is 0.501 e. The molecule has 0 N–H and O–H groups in total. The summed E-state index contributed by atoms with van der Waals surface area (Å²) in [6.07, 6.45) is 7.14. The SMILES string of the molecule is CCCCCOC=CC(C)Cl. The number of halogens is 1. The molecule has 0 aliphatic carbocycles. The molecule has 66 valence electrons. The Kier molecular flexibility index (Phi) is 7.81. The van der Waals surface area contributed by atoms with Crippen molar-refractivity contribution in [2.45, 2.75) is 38.5 Å². The second kappa shape index (κ2) is 7.93. The Morgan fingerprint density at radius 3 is 2.73 bits per heavy atom. The molecule has 0 heterocycles. The third-order valence-corrected chi connectivity index (χ3v) is 1.45. The van der Waals surface area contributed by atoms with Gasteiger partial charge >= 0.3 is 0 Å². The summed E-state index contributed by atoms with van der Waals surface area (Å²) in [4.78, 5) is 0. The first-order valence-electron chi connectivity index (χ1n) is 4.19. The van der Waals surface area contributed by atoms with Crippen molar-refractivity contribution in [3.63, 3.8) is 0 Å². The normalized spacial score (nSPS) is 13.7. The summed E-state index contributed by atoms with van der Waals surface area (Å²) < 4.78 is 5.18. The number of alkyl halides is 1. The highest BCUT2D eigenvalue weighted by molar-refractivity contribution is 6.21. The number of hydrogen-bond acceptors (Lipinski definition) is 1. The molecule has 2 heteroatoms. The molecule has 1 nitrogen and oxygen atoms in total. The number of allylic oxidation sites excluding steroid dienone is 1. The molecule has 0 amide bonds. The summed E-state index contributed by atoms with van der Waals surface area (Å²) in [6.45, 7) is 4.90. The number of unbranched alkanes of at least 4 members (excludes halogenated alkanes) is 2. The van der Waals surface area contributed by atoms with Gasteiger partial charge in [-0.1, -0.05) is 19.8 Å². The van der Waals surface area contributed by atoms with Crippen LogP contribution in [0.5, 0.6) is 0 Å². The predicted molar refractivity (Wildman–Crippen MR) is 49.9 cm³/mol. The van der Waals surface area contributed by atoms with Gasteiger partial charge in [0, 0.05) is 0 Å². The van der Waals surface area contributed by atoms with Crippen LogP contribution in [0.1, 0.15) is 33.1 Å². The molecule has 0 aromatic carbocycles. The third kappa shape index (κ3) is 9.83. The maximum absolute atomic E-state index is 5.65. The molecule has 0 fully saturated rings. The van der Waals surface area contributed by atoms with Gasteiger partial charge in [0.1, 0.15) is 0 Å². The van der Waals surface area contributed by atoms with E-state index < -0.39 is 0 Å². The Morgan fingerprint density at radius 2 is 2.18 bits per heavy atom. The summed E-state index contributed by atoms with van der Waals surface area (Å²) in [7, 11) is 0. The lowest BCUT2D eigenvalue weighted by atomic mass is 10.3. The van der Waals surface area contributed by atoms with Gasteiger partial charge in [-0.3, -0.25) is 0 Å². The van der Waals surface area contributed by atoms with Gasteiger partial charge in [-0.15, -0.1) is 11.6 Å². The van der Waals surface area contributed by atoms with Crippen LogP contribution in [-0.4, -0.2) is 12.0 Å². The Morgan fingerprint density at radius 1 is 1.45 bits per heavy atom. The van der Waals surface area contributed by atoms with Crippen LogP contribution in [0.3, 0.4) is 0 Å². The van der Waals surface area contributed by atoms with Gasteiger partial charge in [-0.2, -0.15) is 0 Å². The average Bonchev–Trinajstić information content (AvgIpc) is 1.96. The molecule has 0 rings (SSSR count). The second-order valence-corrected chi connectivity index (χ2v) is 3.27. The van der Waals surface area contributed by atoms with Gasteiger partial charge in [0.25, 0.3) is 0 Å². The highest BCUT2D eigenvalue weighted by Crippen LogP contribution is 1.97. The molecule has 0 aromatic rings. The van der Waals surface area contributed by atoms with E-state index in [1.54, 1.807) is 6.26 Å². The molecule has 0 aliphatic rings. The third-order valence-electron chi connectivity index (χ3n) is 1.31. The molecule has 0 saturated heterocycles. The summed E-state index contributed by atoms with van der Waals surface area (Å²) in [6, 6.07) is 0. The van der Waals surface area contributed by atoms with Crippen molar-refractivity contribution < 1.29 is 4.74 Å². The standard InChI is InChI=1S/C9H17ClO/c1-3-4-5-7-11-8-6-9(2)10/h6,8-9H,3-5,7H2,1-2H3. The number of ether oxygens (including phenoxy) is 1. The van der Waals surface area contributed by atoms with Crippen molar-refractivity contribution in [2.75, 3.05) is 6.61 Å². The monoisotopic (exact) mass is 176 g/mol. The fraction of sp³-hybridized carbons (Fsp3) is 0.778. The van der Waals surface area contributed by atoms with Crippen LogP contribution in [0.15, 0.2) is 12.3 Å². The summed E-state index contributed by atoms with van der Waals surface area (Å²) >= 11 is 5.65. The molecular formula is C9H17ClO. The Hall–Kier alpha value is -0.170. The zero-order valence-electron chi connectivity index (χ0n) is 7.35. The van der Waals surface area contributed by atoms with Gasteiger partial charge in [0.15, 0.2) is 0 Å². The highest BCUT2D eigenvalue weighted by atomic mass is 35.5. The zero-order valence-corrected chi connectivity index (χ0v) is 8.10. The van der Waals surface area contributed by atoms with Crippen LogP contribution >= 0.6 is 11.6 Å². The summed E-state index contributed by atoms with van der Waals surface area (Å²) in [5, 5.41) is 0.0705. The van der Waals surface area contributed by atoms with E-state index in [1.165, 1.54) is 12.8 Å². The molecule has 0 aromatic heterocycles. The molecule has 1 atom stereocenters. The van der Waals surface area contributed by atoms with Crippen molar-refractivity contribution in [1.29, 1.82) is 0 Å². The first kappa shape index (κ1) is 10.8. The Balaban J connectivity index is 3.01. The van der Waals surface area contributed by atoms with Crippen LogP contribution in [0.2, 0.25) is 0 Å². The fourth-order valence-electron chi connectivity index (χ4n) is 0.667. The van der Waals surface area contributed by atoms with Crippen molar-refractivity contribution in [3.05, 3.63) is 12.3 Å². The van der Waals surface area contributed by atoms with E-state index in [0.717, 1.165) is 13.0 Å². The smallest absolute Gasteiger partial charge is 0.0873 e. The van der Waals surface area contributed by atoms with Crippen molar-refractivity contribution >= 4 is 11.6 Å². The van der Waals surface area contributed by atoms with E-state index in [0.29, 0.717) is 0 Å². The van der Waals surface area contributed by atoms with Gasteiger partial charge in [-0.25, -0.2) is 0 Å². The van der Waals surface area contributed by atoms with Gasteiger partial charge in [-0.05, 0) is 19.4 Å². The first-order chi connectivity index (χ1) is 5.27. The Labute approximate surface area is 74.4 Å². The lowest BCUT2D eigenvalue weighted by Gasteiger charge is -1.98. The molecular weight excluding hydrogens is 160 g/mol. The predicted octanol–water partition coefficient (Wildman–Crippen LogP) is 3.33. The maximum Gasteiger partial charge on any atom is 0.0873 e. The van der Waals surface area contributed by atoms with Crippen molar-refractivity contribution in [2.24, 2.45) is 0 Å². The molecule has 0 bridgehead atoms. The van der Waals surface area contributed by atoms with E-state index in [-0.39, 0.29) is 5.38 Å². The van der Waals surface area contributed by atoms with E-state index >= 15 is 0 Å². The minimum atomic E-state index is 0.0705. The van der Waals surface area contributed by atoms with Gasteiger partial charge < -0.3 is 4.74 Å². The fourth-order valence-corrected chi connectivity index (χ4v) is 0.727. The average molecular weight is 177 g/mol. The molecule has 0 saturated carbocycles. The van der Waals surface area contributed by atoms with Gasteiger partial charge in [0.2, 0.25) is 0 Å². The highest BCUT2D eigenvalue weighted by Gasteiger charge is 1.86. The van der Waals surface area contributed by atoms with Crippen molar-refractivity contribution in [3.8, 4) is 0 Å². The maximum atomic E-state index is 5.65. The molecule has 11 heavy (non-hydrogen) atoms. The van der Waals surface area contributed by atoms with E-state index in [4.69, 9.17) is 16.3 Å². The van der Waals surface area contributed by atoms with Crippen LogP contribution in [0.4, 0.5) is 0 Å². The molecule has 0 aliphatic heterocycles. The minimum absolute atomic E-state index is 0.0705. The zero-order chi connectivity index (χ0) is 8.53. The topological polar surface area (TPSA) is 9.23 Å². The Bertz CT molecular complexity index is 99.7. The molecule has 0 radical (unpaired) electrons. The van der Waals surface area contributed by atoms with E-state index in [9.17, 15) is 0 Å². The van der Waals surface area contributed by atoms with Crippen LogP contribution < -0.4 is 0 Å².